The van der Waals surface area contributed by atoms with Crippen molar-refractivity contribution in [3.8, 4) is 0 Å². The van der Waals surface area contributed by atoms with Gasteiger partial charge in [0.25, 0.3) is 0 Å². The zero-order valence-corrected chi connectivity index (χ0v) is 20.7. The van der Waals surface area contributed by atoms with Crippen LogP contribution in [-0.4, -0.2) is 79.3 Å². The predicted molar refractivity (Wildman–Crippen MR) is 134 cm³/mol. The lowest BCUT2D eigenvalue weighted by molar-refractivity contribution is -0.150. The highest BCUT2D eigenvalue weighted by Crippen LogP contribution is 2.17. The summed E-state index contributed by atoms with van der Waals surface area (Å²) in [5.41, 5.74) is 0.666. The van der Waals surface area contributed by atoms with Crippen LogP contribution in [0.1, 0.15) is 58.8 Å². The van der Waals surface area contributed by atoms with Gasteiger partial charge in [-0.15, -0.1) is 0 Å². The maximum Gasteiger partial charge on any atom is 0.308 e. The fourth-order valence-electron chi connectivity index (χ4n) is 3.67. The van der Waals surface area contributed by atoms with Gasteiger partial charge in [-0.05, 0) is 45.1 Å². The molecule has 6 N–H and O–H groups in total. The van der Waals surface area contributed by atoms with Gasteiger partial charge in [0.1, 0.15) is 6.10 Å². The molecule has 0 saturated carbocycles. The first kappa shape index (κ1) is 31.0. The number of esters is 1. The fourth-order valence-corrected chi connectivity index (χ4v) is 3.67. The summed E-state index contributed by atoms with van der Waals surface area (Å²) >= 11 is 0. The van der Waals surface area contributed by atoms with Crippen LogP contribution in [0, 0.1) is 0 Å². The number of cyclic esters (lactones) is 1. The third kappa shape index (κ3) is 15.5. The van der Waals surface area contributed by atoms with Crippen LogP contribution in [0.2, 0.25) is 0 Å². The first-order valence-electron chi connectivity index (χ1n) is 12.2. The molecule has 0 aromatic heterocycles. The number of ether oxygens (including phenoxy) is 1. The van der Waals surface area contributed by atoms with Gasteiger partial charge in [-0.3, -0.25) is 4.79 Å². The summed E-state index contributed by atoms with van der Waals surface area (Å²) in [4.78, 5) is 12.0. The van der Waals surface area contributed by atoms with E-state index in [9.17, 15) is 35.4 Å². The Morgan fingerprint density at radius 2 is 1.14 bits per heavy atom. The summed E-state index contributed by atoms with van der Waals surface area (Å²) in [5, 5.41) is 61.0. The van der Waals surface area contributed by atoms with E-state index in [0.717, 1.165) is 0 Å². The lowest BCUT2D eigenvalue weighted by atomic mass is 9.96. The topological polar surface area (TPSA) is 148 Å². The first-order chi connectivity index (χ1) is 16.6. The highest BCUT2D eigenvalue weighted by atomic mass is 16.5. The Bertz CT molecular complexity index is 754. The van der Waals surface area contributed by atoms with Crippen molar-refractivity contribution in [2.45, 2.75) is 102 Å². The summed E-state index contributed by atoms with van der Waals surface area (Å²) in [5.74, 6) is -0.575. The standard InChI is InChI=1S/C27H42O8/c1-19-11-9-7-5-3-4-6-8-10-12-20(2)35-27(34)18-25(32)16-23(30)14-21(28)13-22(29)15-24(31)17-26(19)33/h3-11,20-26,28-33H,12-18H2,1-2H3/b5-3+,6-4+,9-7+,10-8+,19-11+/t20-,21+,22-,23+,24-,25+,26+/m1/s1. The van der Waals surface area contributed by atoms with Gasteiger partial charge < -0.3 is 35.4 Å². The maximum atomic E-state index is 12.0. The molecule has 7 atom stereocenters. The molecule has 1 aliphatic heterocycles. The number of aliphatic hydroxyl groups excluding tert-OH is 6. The molecule has 0 spiro atoms. The van der Waals surface area contributed by atoms with Crippen molar-refractivity contribution in [3.63, 3.8) is 0 Å². The van der Waals surface area contributed by atoms with Crippen LogP contribution in [0.25, 0.3) is 0 Å². The van der Waals surface area contributed by atoms with E-state index in [0.29, 0.717) is 12.0 Å². The van der Waals surface area contributed by atoms with Crippen molar-refractivity contribution >= 4 is 5.97 Å². The molecule has 0 aliphatic carbocycles. The van der Waals surface area contributed by atoms with Gasteiger partial charge in [-0.1, -0.05) is 54.7 Å². The lowest BCUT2D eigenvalue weighted by Gasteiger charge is -2.22. The van der Waals surface area contributed by atoms with Gasteiger partial charge in [0.05, 0.1) is 43.0 Å². The molecule has 0 aromatic carbocycles. The Morgan fingerprint density at radius 1 is 0.686 bits per heavy atom. The van der Waals surface area contributed by atoms with Crippen LogP contribution < -0.4 is 0 Å². The van der Waals surface area contributed by atoms with Crippen LogP contribution in [0.5, 0.6) is 0 Å². The number of rotatable bonds is 0. The minimum absolute atomic E-state index is 0.0382. The van der Waals surface area contributed by atoms with Gasteiger partial charge in [0, 0.05) is 12.8 Å². The molecule has 1 heterocycles. The molecule has 0 aromatic rings. The largest absolute Gasteiger partial charge is 0.462 e. The highest BCUT2D eigenvalue weighted by Gasteiger charge is 2.23. The van der Waals surface area contributed by atoms with E-state index in [-0.39, 0.29) is 44.6 Å². The summed E-state index contributed by atoms with van der Waals surface area (Å²) in [6.07, 6.45) is 9.78. The summed E-state index contributed by atoms with van der Waals surface area (Å²) in [6.45, 7) is 3.50. The number of carbonyl (C=O) groups is 1. The molecule has 0 saturated heterocycles. The van der Waals surface area contributed by atoms with Crippen molar-refractivity contribution in [1.29, 1.82) is 0 Å². The molecular weight excluding hydrogens is 452 g/mol. The lowest BCUT2D eigenvalue weighted by Crippen LogP contribution is -2.29. The first-order valence-corrected chi connectivity index (χ1v) is 12.2. The SMILES string of the molecule is C\C1=C/C=C/C=C/C=C/C=C/C[C@@H](C)OC(=O)C[C@@H](O)C[C@@H](O)C[C@@H](O)C[C@@H](O)C[C@@H](O)C[C@@H]1O. The molecule has 0 bridgehead atoms. The molecule has 1 aliphatic rings. The molecular formula is C27H42O8. The van der Waals surface area contributed by atoms with Crippen molar-refractivity contribution in [2.75, 3.05) is 0 Å². The van der Waals surface area contributed by atoms with E-state index < -0.39 is 42.6 Å². The van der Waals surface area contributed by atoms with E-state index in [1.807, 2.05) is 36.5 Å². The molecule has 1 rings (SSSR count). The second-order valence-corrected chi connectivity index (χ2v) is 9.20. The van der Waals surface area contributed by atoms with Gasteiger partial charge >= 0.3 is 5.97 Å². The summed E-state index contributed by atoms with van der Waals surface area (Å²) in [6, 6.07) is 0. The zero-order valence-electron chi connectivity index (χ0n) is 20.7. The Kier molecular flexibility index (Phi) is 15.4. The molecule has 8 heteroatoms. The van der Waals surface area contributed by atoms with Crippen LogP contribution in [-0.2, 0) is 9.53 Å². The Morgan fingerprint density at radius 3 is 1.71 bits per heavy atom. The normalized spacial score (nSPS) is 38.9. The second kappa shape index (κ2) is 17.4. The van der Waals surface area contributed by atoms with Crippen LogP contribution in [0.3, 0.4) is 0 Å². The molecule has 0 radical (unpaired) electrons. The zero-order chi connectivity index (χ0) is 26.2. The Balaban J connectivity index is 2.82. The van der Waals surface area contributed by atoms with Crippen molar-refractivity contribution < 1.29 is 40.2 Å². The van der Waals surface area contributed by atoms with Gasteiger partial charge in [-0.25, -0.2) is 0 Å². The summed E-state index contributed by atoms with van der Waals surface area (Å²) < 4.78 is 5.27. The third-order valence-electron chi connectivity index (χ3n) is 5.56. The van der Waals surface area contributed by atoms with Crippen molar-refractivity contribution in [3.05, 3.63) is 60.3 Å². The number of aliphatic hydroxyl groups is 6. The average molecular weight is 495 g/mol. The molecule has 198 valence electrons. The third-order valence-corrected chi connectivity index (χ3v) is 5.56. The van der Waals surface area contributed by atoms with Crippen molar-refractivity contribution in [1.82, 2.24) is 0 Å². The van der Waals surface area contributed by atoms with Crippen LogP contribution in [0.15, 0.2) is 60.3 Å². The van der Waals surface area contributed by atoms with Gasteiger partial charge in [0.15, 0.2) is 0 Å². The molecule has 0 unspecified atom stereocenters. The molecule has 8 nitrogen and oxygen atoms in total. The number of allylic oxidation sites excluding steroid dienone is 8. The number of hydrogen-bond donors (Lipinski definition) is 6. The smallest absolute Gasteiger partial charge is 0.308 e. The van der Waals surface area contributed by atoms with Crippen LogP contribution in [0.4, 0.5) is 0 Å². The van der Waals surface area contributed by atoms with Crippen molar-refractivity contribution in [2.24, 2.45) is 0 Å². The van der Waals surface area contributed by atoms with E-state index in [2.05, 4.69) is 0 Å². The minimum atomic E-state index is -1.13. The minimum Gasteiger partial charge on any atom is -0.462 e. The van der Waals surface area contributed by atoms with E-state index in [1.54, 1.807) is 32.1 Å². The average Bonchev–Trinajstić information content (AvgIpc) is 2.73. The molecule has 35 heavy (non-hydrogen) atoms. The van der Waals surface area contributed by atoms with Gasteiger partial charge in [-0.2, -0.15) is 0 Å². The number of carbonyl (C=O) groups excluding carboxylic acids is 1. The highest BCUT2D eigenvalue weighted by molar-refractivity contribution is 5.70. The Hall–Kier alpha value is -2.07. The van der Waals surface area contributed by atoms with E-state index >= 15 is 0 Å². The number of hydrogen-bond acceptors (Lipinski definition) is 8. The van der Waals surface area contributed by atoms with Gasteiger partial charge in [0.2, 0.25) is 0 Å². The Labute approximate surface area is 208 Å². The predicted octanol–water partition coefficient (Wildman–Crippen LogP) is 2.00. The maximum absolute atomic E-state index is 12.0. The molecule has 0 amide bonds. The van der Waals surface area contributed by atoms with E-state index in [1.165, 1.54) is 0 Å². The monoisotopic (exact) mass is 494 g/mol. The van der Waals surface area contributed by atoms with Crippen LogP contribution >= 0.6 is 0 Å². The van der Waals surface area contributed by atoms with E-state index in [4.69, 9.17) is 4.74 Å². The quantitative estimate of drug-likeness (QED) is 0.280. The summed E-state index contributed by atoms with van der Waals surface area (Å²) in [7, 11) is 0. The molecule has 0 fully saturated rings. The second-order valence-electron chi connectivity index (χ2n) is 9.20. The fraction of sp³-hybridized carbons (Fsp3) is 0.593.